The van der Waals surface area contributed by atoms with Gasteiger partial charge in [0.15, 0.2) is 0 Å². The first-order valence-corrected chi connectivity index (χ1v) is 13.1. The Labute approximate surface area is 195 Å². The molecular formula is C27H36FNO4. The lowest BCUT2D eigenvalue weighted by Gasteiger charge is -2.56. The molecule has 4 bridgehead atoms. The summed E-state index contributed by atoms with van der Waals surface area (Å²) in [5.74, 6) is 0.938. The van der Waals surface area contributed by atoms with E-state index in [9.17, 15) is 14.7 Å². The third-order valence-corrected chi connectivity index (χ3v) is 9.50. The number of allylic oxidation sites excluding steroid dienone is 2. The minimum atomic E-state index is -1.49. The molecule has 2 N–H and O–H groups in total. The van der Waals surface area contributed by atoms with Gasteiger partial charge in [0.2, 0.25) is 5.91 Å². The number of nitrogens with one attached hydrogen (secondary N) is 1. The fourth-order valence-corrected chi connectivity index (χ4v) is 7.90. The van der Waals surface area contributed by atoms with E-state index in [0.717, 1.165) is 55.4 Å². The molecule has 7 rings (SSSR count). The molecule has 6 saturated carbocycles. The van der Waals surface area contributed by atoms with Gasteiger partial charge in [0.1, 0.15) is 18.0 Å². The number of hydrogen-bond donors (Lipinski definition) is 2. The van der Waals surface area contributed by atoms with E-state index < -0.39 is 30.0 Å². The molecule has 0 spiro atoms. The van der Waals surface area contributed by atoms with Crippen LogP contribution in [-0.4, -0.2) is 35.8 Å². The Morgan fingerprint density at radius 3 is 2.21 bits per heavy atom. The molecule has 0 heterocycles. The number of aliphatic carboxylic acids is 1. The van der Waals surface area contributed by atoms with E-state index in [1.807, 2.05) is 0 Å². The molecule has 6 heteroatoms. The molecular weight excluding hydrogens is 421 g/mol. The summed E-state index contributed by atoms with van der Waals surface area (Å²) < 4.78 is 21.6. The highest BCUT2D eigenvalue weighted by Gasteiger charge is 2.51. The molecule has 2 unspecified atom stereocenters. The van der Waals surface area contributed by atoms with Crippen molar-refractivity contribution in [3.8, 4) is 0 Å². The molecule has 1 amide bonds. The van der Waals surface area contributed by atoms with Crippen LogP contribution in [0, 0.1) is 40.9 Å². The Morgan fingerprint density at radius 1 is 1.06 bits per heavy atom. The third-order valence-electron chi connectivity index (χ3n) is 9.50. The molecule has 0 saturated heterocycles. The monoisotopic (exact) mass is 457 g/mol. The lowest BCUT2D eigenvalue weighted by atomic mass is 9.50. The van der Waals surface area contributed by atoms with Crippen LogP contribution in [0.4, 0.5) is 4.39 Å². The van der Waals surface area contributed by atoms with E-state index in [4.69, 9.17) is 4.74 Å². The second-order valence-electron chi connectivity index (χ2n) is 12.1. The van der Waals surface area contributed by atoms with Crippen LogP contribution >= 0.6 is 0 Å². The molecule has 7 aliphatic rings. The Hall–Kier alpha value is -1.85. The van der Waals surface area contributed by atoms with Crippen LogP contribution in [0.15, 0.2) is 23.5 Å². The fourth-order valence-electron chi connectivity index (χ4n) is 7.90. The Morgan fingerprint density at radius 2 is 1.70 bits per heavy atom. The van der Waals surface area contributed by atoms with Gasteiger partial charge < -0.3 is 15.2 Å². The number of carbonyl (C=O) groups is 2. The molecule has 0 aromatic heterocycles. The number of ether oxygens (including phenoxy) is 1. The van der Waals surface area contributed by atoms with Crippen LogP contribution in [0.5, 0.6) is 0 Å². The zero-order valence-corrected chi connectivity index (χ0v) is 19.3. The van der Waals surface area contributed by atoms with Gasteiger partial charge in [-0.05, 0) is 105 Å². The lowest BCUT2D eigenvalue weighted by molar-refractivity contribution is -0.145. The molecule has 0 aromatic rings. The molecule has 0 aromatic carbocycles. The van der Waals surface area contributed by atoms with Crippen LogP contribution < -0.4 is 5.32 Å². The summed E-state index contributed by atoms with van der Waals surface area (Å²) in [5.41, 5.74) is 1.21. The fraction of sp³-hybridized carbons (Fsp3) is 0.778. The van der Waals surface area contributed by atoms with Crippen molar-refractivity contribution in [2.24, 2.45) is 40.9 Å². The van der Waals surface area contributed by atoms with E-state index in [0.29, 0.717) is 18.3 Å². The van der Waals surface area contributed by atoms with Crippen molar-refractivity contribution in [2.75, 3.05) is 6.61 Å². The highest BCUT2D eigenvalue weighted by molar-refractivity contribution is 5.87. The van der Waals surface area contributed by atoms with Crippen LogP contribution in [0.1, 0.15) is 70.6 Å². The maximum absolute atomic E-state index is 15.2. The zero-order chi connectivity index (χ0) is 22.7. The predicted molar refractivity (Wildman–Crippen MR) is 121 cm³/mol. The first-order chi connectivity index (χ1) is 15.9. The molecule has 33 heavy (non-hydrogen) atoms. The number of halogens is 1. The summed E-state index contributed by atoms with van der Waals surface area (Å²) in [6, 6.07) is -0.922. The Bertz CT molecular complexity index is 851. The predicted octanol–water partition coefficient (Wildman–Crippen LogP) is 4.78. The summed E-state index contributed by atoms with van der Waals surface area (Å²) in [6.07, 6.45) is 14.3. The molecule has 180 valence electrons. The number of carboxylic acids is 1. The van der Waals surface area contributed by atoms with Gasteiger partial charge in [-0.3, -0.25) is 4.79 Å². The van der Waals surface area contributed by atoms with E-state index in [1.54, 1.807) is 6.08 Å². The molecule has 0 aliphatic heterocycles. The third kappa shape index (κ3) is 4.12. The molecule has 5 nitrogen and oxygen atoms in total. The highest BCUT2D eigenvalue weighted by Crippen LogP contribution is 2.60. The summed E-state index contributed by atoms with van der Waals surface area (Å²) in [4.78, 5) is 24.6. The van der Waals surface area contributed by atoms with Gasteiger partial charge in [-0.1, -0.05) is 12.5 Å². The van der Waals surface area contributed by atoms with E-state index in [1.165, 1.54) is 44.6 Å². The van der Waals surface area contributed by atoms with Crippen LogP contribution in [-0.2, 0) is 14.3 Å². The first kappa shape index (κ1) is 21.7. The second-order valence-corrected chi connectivity index (χ2v) is 12.1. The maximum Gasteiger partial charge on any atom is 0.326 e. The number of hydrogen-bond acceptors (Lipinski definition) is 3. The molecule has 7 aliphatic carbocycles. The number of carbonyl (C=O) groups excluding carboxylic acids is 1. The first-order valence-electron chi connectivity index (χ1n) is 13.1. The number of rotatable bonds is 8. The van der Waals surface area contributed by atoms with Gasteiger partial charge in [0.25, 0.3) is 0 Å². The average molecular weight is 458 g/mol. The van der Waals surface area contributed by atoms with Crippen molar-refractivity contribution in [3.05, 3.63) is 23.5 Å². The second kappa shape index (κ2) is 8.13. The van der Waals surface area contributed by atoms with E-state index >= 15 is 4.39 Å². The molecule has 0 radical (unpaired) electrons. The van der Waals surface area contributed by atoms with Gasteiger partial charge in [-0.2, -0.15) is 0 Å². The van der Waals surface area contributed by atoms with Crippen molar-refractivity contribution < 1.29 is 23.8 Å². The zero-order valence-electron chi connectivity index (χ0n) is 19.3. The van der Waals surface area contributed by atoms with E-state index in [2.05, 4.69) is 5.32 Å². The van der Waals surface area contributed by atoms with Gasteiger partial charge in [-0.15, -0.1) is 0 Å². The topological polar surface area (TPSA) is 75.6 Å². The largest absolute Gasteiger partial charge is 0.493 e. The van der Waals surface area contributed by atoms with Gasteiger partial charge >= 0.3 is 5.97 Å². The normalized spacial score (nSPS) is 40.5. The van der Waals surface area contributed by atoms with Crippen LogP contribution in [0.25, 0.3) is 0 Å². The minimum Gasteiger partial charge on any atom is -0.493 e. The van der Waals surface area contributed by atoms with Gasteiger partial charge in [0.05, 0.1) is 12.5 Å². The summed E-state index contributed by atoms with van der Waals surface area (Å²) in [5, 5.41) is 12.2. The van der Waals surface area contributed by atoms with Crippen LogP contribution in [0.3, 0.4) is 0 Å². The quantitative estimate of drug-likeness (QED) is 0.550. The average Bonchev–Trinajstić information content (AvgIpc) is 3.54. The van der Waals surface area contributed by atoms with Gasteiger partial charge in [0, 0.05) is 5.41 Å². The SMILES string of the molecule is O=C(N[C@H](C(=O)O)C1CCC1)C1C=C(C2CC2)C(OCC23CC4CC(CC(C4)C2)C3)=CC1F. The van der Waals surface area contributed by atoms with Crippen molar-refractivity contribution in [1.29, 1.82) is 0 Å². The summed E-state index contributed by atoms with van der Waals surface area (Å²) >= 11 is 0. The maximum atomic E-state index is 15.2. The minimum absolute atomic E-state index is 0.0466. The summed E-state index contributed by atoms with van der Waals surface area (Å²) in [7, 11) is 0. The Balaban J connectivity index is 1.15. The Kier molecular flexibility index (Phi) is 5.34. The lowest BCUT2D eigenvalue weighted by Crippen LogP contribution is -2.51. The smallest absolute Gasteiger partial charge is 0.326 e. The van der Waals surface area contributed by atoms with Crippen molar-refractivity contribution >= 4 is 11.9 Å². The highest BCUT2D eigenvalue weighted by atomic mass is 19.1. The van der Waals surface area contributed by atoms with Crippen LogP contribution in [0.2, 0.25) is 0 Å². The summed E-state index contributed by atoms with van der Waals surface area (Å²) in [6.45, 7) is 0.665. The van der Waals surface area contributed by atoms with Crippen molar-refractivity contribution in [1.82, 2.24) is 5.32 Å². The van der Waals surface area contributed by atoms with Crippen molar-refractivity contribution in [2.45, 2.75) is 82.8 Å². The van der Waals surface area contributed by atoms with Gasteiger partial charge in [-0.25, -0.2) is 9.18 Å². The molecule has 3 atom stereocenters. The standard InChI is InChI=1S/C27H36FNO4/c28-22-10-23(33-14-27-11-15-6-16(12-27)8-17(7-15)13-27)20(18-4-5-18)9-21(22)25(30)29-24(26(31)32)19-2-1-3-19/h9-10,15-19,21-22,24H,1-8,11-14H2,(H,29,30)(H,31,32)/t15?,16?,17?,21?,22?,24-,27?/m0/s1. The van der Waals surface area contributed by atoms with Crippen molar-refractivity contribution in [3.63, 3.8) is 0 Å². The number of alkyl halides is 1. The number of carboxylic acid groups (broad SMARTS) is 1. The van der Waals surface area contributed by atoms with E-state index in [-0.39, 0.29) is 11.3 Å². The molecule has 6 fully saturated rings. The number of amides is 1.